The minimum absolute atomic E-state index is 0.0504. The second-order valence-corrected chi connectivity index (χ2v) is 8.92. The molecule has 4 aromatic rings. The third kappa shape index (κ3) is 3.73. The Balaban J connectivity index is 1.91. The molecular weight excluding hydrogens is 394 g/mol. The second-order valence-electron chi connectivity index (χ2n) is 7.97. The van der Waals surface area contributed by atoms with E-state index in [-0.39, 0.29) is 11.9 Å². The van der Waals surface area contributed by atoms with Crippen molar-refractivity contribution in [2.45, 2.75) is 33.7 Å². The Labute approximate surface area is 180 Å². The lowest BCUT2D eigenvalue weighted by atomic mass is 9.93. The molecule has 4 heterocycles. The van der Waals surface area contributed by atoms with Crippen LogP contribution in [0.15, 0.2) is 54.2 Å². The number of hydrogen-bond donors (Lipinski definition) is 1. The number of nitrogens with zero attached hydrogens (tertiary/aromatic N) is 4. The Morgan fingerprint density at radius 3 is 2.43 bits per heavy atom. The van der Waals surface area contributed by atoms with Crippen LogP contribution in [0.2, 0.25) is 0 Å². The third-order valence-corrected chi connectivity index (χ3v) is 6.07. The predicted molar refractivity (Wildman–Crippen MR) is 121 cm³/mol. The van der Waals surface area contributed by atoms with E-state index in [1.807, 2.05) is 41.8 Å². The molecule has 0 aromatic carbocycles. The molecule has 0 unspecified atom stereocenters. The quantitative estimate of drug-likeness (QED) is 0.480. The summed E-state index contributed by atoms with van der Waals surface area (Å²) in [5, 5.41) is 10.7. The average Bonchev–Trinajstić information content (AvgIpc) is 3.40. The van der Waals surface area contributed by atoms with Crippen molar-refractivity contribution in [1.29, 1.82) is 0 Å². The van der Waals surface area contributed by atoms with Crippen LogP contribution in [-0.2, 0) is 0 Å². The van der Waals surface area contributed by atoms with E-state index < -0.39 is 0 Å². The number of rotatable bonds is 6. The van der Waals surface area contributed by atoms with Gasteiger partial charge in [0.15, 0.2) is 17.2 Å². The van der Waals surface area contributed by atoms with Crippen LogP contribution in [-0.4, -0.2) is 31.7 Å². The molecule has 0 aliphatic carbocycles. The van der Waals surface area contributed by atoms with Gasteiger partial charge in [-0.15, -0.1) is 11.3 Å². The van der Waals surface area contributed by atoms with E-state index in [1.165, 1.54) is 0 Å². The Morgan fingerprint density at radius 2 is 1.80 bits per heavy atom. The lowest BCUT2D eigenvalue weighted by molar-refractivity contribution is 0.0906. The van der Waals surface area contributed by atoms with Crippen LogP contribution < -0.4 is 5.32 Å². The van der Waals surface area contributed by atoms with Crippen LogP contribution in [0, 0.1) is 11.8 Å². The molecule has 6 nitrogen and oxygen atoms in total. The van der Waals surface area contributed by atoms with Gasteiger partial charge in [-0.25, -0.2) is 9.97 Å². The summed E-state index contributed by atoms with van der Waals surface area (Å²) in [4.78, 5) is 23.5. The fourth-order valence-electron chi connectivity index (χ4n) is 3.80. The van der Waals surface area contributed by atoms with Crippen molar-refractivity contribution >= 4 is 28.3 Å². The first kappa shape index (κ1) is 20.2. The van der Waals surface area contributed by atoms with E-state index in [1.54, 1.807) is 28.4 Å². The van der Waals surface area contributed by atoms with Gasteiger partial charge in [0.2, 0.25) is 0 Å². The highest BCUT2D eigenvalue weighted by Crippen LogP contribution is 2.33. The highest BCUT2D eigenvalue weighted by atomic mass is 32.1. The fraction of sp³-hybridized carbons (Fsp3) is 0.304. The minimum Gasteiger partial charge on any atom is -0.347 e. The van der Waals surface area contributed by atoms with Gasteiger partial charge < -0.3 is 5.32 Å². The lowest BCUT2D eigenvalue weighted by Gasteiger charge is -2.25. The van der Waals surface area contributed by atoms with Gasteiger partial charge in [0, 0.05) is 28.9 Å². The molecule has 7 heteroatoms. The summed E-state index contributed by atoms with van der Waals surface area (Å²) in [6.45, 7) is 8.48. The largest absolute Gasteiger partial charge is 0.347 e. The zero-order valence-corrected chi connectivity index (χ0v) is 18.4. The highest BCUT2D eigenvalue weighted by molar-refractivity contribution is 7.13. The minimum atomic E-state index is -0.187. The average molecular weight is 420 g/mol. The summed E-state index contributed by atoms with van der Waals surface area (Å²) in [5.41, 5.74) is 1.95. The molecular formula is C23H25N5OS. The molecule has 0 spiro atoms. The maximum atomic E-state index is 13.4. The molecule has 1 N–H and O–H groups in total. The van der Waals surface area contributed by atoms with Gasteiger partial charge in [-0.2, -0.15) is 9.78 Å². The van der Waals surface area contributed by atoms with Crippen LogP contribution in [0.4, 0.5) is 0 Å². The molecule has 0 aliphatic rings. The fourth-order valence-corrected chi connectivity index (χ4v) is 4.56. The monoisotopic (exact) mass is 419 g/mol. The molecule has 0 radical (unpaired) electrons. The Kier molecular flexibility index (Phi) is 5.63. The van der Waals surface area contributed by atoms with Gasteiger partial charge in [-0.3, -0.25) is 4.79 Å². The van der Waals surface area contributed by atoms with Crippen LogP contribution in [0.5, 0.6) is 0 Å². The first-order chi connectivity index (χ1) is 14.5. The molecule has 1 amide bonds. The molecule has 4 aromatic heterocycles. The van der Waals surface area contributed by atoms with Crippen molar-refractivity contribution in [2.75, 3.05) is 0 Å². The van der Waals surface area contributed by atoms with E-state index in [0.29, 0.717) is 29.0 Å². The van der Waals surface area contributed by atoms with Gasteiger partial charge in [-0.05, 0) is 41.5 Å². The summed E-state index contributed by atoms with van der Waals surface area (Å²) < 4.78 is 1.65. The molecule has 0 atom stereocenters. The zero-order chi connectivity index (χ0) is 21.3. The number of hydrogen-bond acceptors (Lipinski definition) is 5. The molecule has 0 saturated carbocycles. The summed E-state index contributed by atoms with van der Waals surface area (Å²) in [6.07, 6.45) is 3.46. The summed E-state index contributed by atoms with van der Waals surface area (Å²) >= 11 is 1.63. The topological polar surface area (TPSA) is 72.7 Å². The second kappa shape index (κ2) is 8.36. The van der Waals surface area contributed by atoms with Gasteiger partial charge in [-0.1, -0.05) is 39.8 Å². The Bertz CT molecular complexity index is 1140. The van der Waals surface area contributed by atoms with Crippen LogP contribution in [0.25, 0.3) is 27.3 Å². The maximum Gasteiger partial charge on any atom is 0.272 e. The molecule has 0 bridgehead atoms. The van der Waals surface area contributed by atoms with Crippen molar-refractivity contribution in [3.63, 3.8) is 0 Å². The van der Waals surface area contributed by atoms with E-state index in [9.17, 15) is 4.79 Å². The Hall–Kier alpha value is -3.06. The number of thiophene rings is 1. The first-order valence-corrected chi connectivity index (χ1v) is 11.0. The van der Waals surface area contributed by atoms with Crippen LogP contribution in [0.1, 0.15) is 38.2 Å². The number of carbonyl (C=O) groups excluding carboxylic acids is 1. The summed E-state index contributed by atoms with van der Waals surface area (Å²) in [7, 11) is 0. The van der Waals surface area contributed by atoms with Gasteiger partial charge in [0.05, 0.1) is 5.39 Å². The SMILES string of the molecule is CC(C)C(NC(=O)c1nn(-c2ccccn2)c2nccc(-c3cccs3)c12)C(C)C. The number of pyridine rings is 2. The maximum absolute atomic E-state index is 13.4. The van der Waals surface area contributed by atoms with Crippen molar-refractivity contribution in [1.82, 2.24) is 25.1 Å². The highest BCUT2D eigenvalue weighted by Gasteiger charge is 2.26. The van der Waals surface area contributed by atoms with Gasteiger partial charge in [0.25, 0.3) is 5.91 Å². The van der Waals surface area contributed by atoms with Crippen LogP contribution in [0.3, 0.4) is 0 Å². The van der Waals surface area contributed by atoms with E-state index in [2.05, 4.69) is 48.1 Å². The third-order valence-electron chi connectivity index (χ3n) is 5.17. The Morgan fingerprint density at radius 1 is 1.00 bits per heavy atom. The van der Waals surface area contributed by atoms with Crippen LogP contribution >= 0.6 is 11.3 Å². The molecule has 30 heavy (non-hydrogen) atoms. The zero-order valence-electron chi connectivity index (χ0n) is 17.5. The molecule has 0 saturated heterocycles. The number of fused-ring (bicyclic) bond motifs is 1. The van der Waals surface area contributed by atoms with Crippen molar-refractivity contribution in [2.24, 2.45) is 11.8 Å². The van der Waals surface area contributed by atoms with Crippen molar-refractivity contribution < 1.29 is 4.79 Å². The van der Waals surface area contributed by atoms with E-state index >= 15 is 0 Å². The van der Waals surface area contributed by atoms with Crippen molar-refractivity contribution in [3.05, 3.63) is 59.9 Å². The number of amides is 1. The molecule has 0 aliphatic heterocycles. The number of nitrogens with one attached hydrogen (secondary N) is 1. The standard InChI is InChI=1S/C23H25N5OS/c1-14(2)20(15(3)4)26-23(29)21-19-16(17-8-7-13-30-17)10-12-25-22(19)28(27-21)18-9-5-6-11-24-18/h5-15,20H,1-4H3,(H,26,29). The molecule has 0 fully saturated rings. The lowest BCUT2D eigenvalue weighted by Crippen LogP contribution is -2.42. The summed E-state index contributed by atoms with van der Waals surface area (Å²) in [6, 6.07) is 11.6. The van der Waals surface area contributed by atoms with Crippen molar-refractivity contribution in [3.8, 4) is 16.3 Å². The first-order valence-electron chi connectivity index (χ1n) is 10.1. The molecule has 154 valence electrons. The predicted octanol–water partition coefficient (Wildman–Crippen LogP) is 4.95. The van der Waals surface area contributed by atoms with E-state index in [4.69, 9.17) is 0 Å². The smallest absolute Gasteiger partial charge is 0.272 e. The van der Waals surface area contributed by atoms with Gasteiger partial charge >= 0.3 is 0 Å². The summed E-state index contributed by atoms with van der Waals surface area (Å²) in [5.74, 6) is 1.07. The normalized spacial score (nSPS) is 11.7. The number of carbonyl (C=O) groups is 1. The molecule has 4 rings (SSSR count). The van der Waals surface area contributed by atoms with E-state index in [0.717, 1.165) is 15.8 Å². The number of aromatic nitrogens is 4. The van der Waals surface area contributed by atoms with Gasteiger partial charge in [0.1, 0.15) is 0 Å².